The zero-order valence-corrected chi connectivity index (χ0v) is 7.85. The van der Waals surface area contributed by atoms with Crippen LogP contribution in [-0.2, 0) is 12.7 Å². The van der Waals surface area contributed by atoms with Crippen molar-refractivity contribution in [2.45, 2.75) is 19.6 Å². The topological polar surface area (TPSA) is 46.9 Å². The van der Waals surface area contributed by atoms with Crippen molar-refractivity contribution in [3.63, 3.8) is 0 Å². The van der Waals surface area contributed by atoms with Crippen molar-refractivity contribution in [1.29, 1.82) is 0 Å². The number of rotatable bonds is 0. The lowest BCUT2D eigenvalue weighted by atomic mass is 10.2. The molecule has 0 aliphatic carbocycles. The minimum Gasteiger partial charge on any atom is -0.354 e. The molecule has 2 rings (SSSR count). The summed E-state index contributed by atoms with van der Waals surface area (Å²) in [6, 6.07) is 0. The van der Waals surface area contributed by atoms with Crippen molar-refractivity contribution in [2.24, 2.45) is 0 Å². The first-order chi connectivity index (χ1) is 6.91. The lowest BCUT2D eigenvalue weighted by Crippen LogP contribution is -2.26. The minimum atomic E-state index is -4.58. The van der Waals surface area contributed by atoms with Crippen LogP contribution in [0.5, 0.6) is 0 Å². The van der Waals surface area contributed by atoms with Crippen LogP contribution in [0.1, 0.15) is 11.3 Å². The lowest BCUT2D eigenvalue weighted by molar-refractivity contribution is -0.141. The van der Waals surface area contributed by atoms with Crippen LogP contribution in [0, 0.1) is 6.92 Å². The van der Waals surface area contributed by atoms with Crippen LogP contribution < -0.4 is 10.9 Å². The molecule has 1 aromatic rings. The van der Waals surface area contributed by atoms with Crippen LogP contribution >= 0.6 is 0 Å². The zero-order valence-electron chi connectivity index (χ0n) is 7.85. The van der Waals surface area contributed by atoms with Gasteiger partial charge in [0.2, 0.25) is 5.95 Å². The van der Waals surface area contributed by atoms with Crippen LogP contribution in [0.2, 0.25) is 0 Å². The first-order valence-corrected chi connectivity index (χ1v) is 4.34. The van der Waals surface area contributed by atoms with E-state index in [-0.39, 0.29) is 11.5 Å². The molecule has 82 valence electrons. The summed E-state index contributed by atoms with van der Waals surface area (Å²) in [6.45, 7) is 1.94. The second-order valence-electron chi connectivity index (χ2n) is 3.29. The Labute approximate surface area is 82.7 Å². The van der Waals surface area contributed by atoms with E-state index in [9.17, 15) is 18.0 Å². The van der Waals surface area contributed by atoms with Gasteiger partial charge in [-0.15, -0.1) is 0 Å². The van der Waals surface area contributed by atoms with E-state index in [1.165, 1.54) is 4.57 Å². The maximum absolute atomic E-state index is 12.5. The van der Waals surface area contributed by atoms with Crippen LogP contribution in [0.15, 0.2) is 4.79 Å². The lowest BCUT2D eigenvalue weighted by Gasteiger charge is -2.11. The van der Waals surface area contributed by atoms with E-state index in [0.717, 1.165) is 6.92 Å². The number of fused-ring (bicyclic) bond motifs is 1. The van der Waals surface area contributed by atoms with Gasteiger partial charge in [0.25, 0.3) is 5.56 Å². The van der Waals surface area contributed by atoms with E-state index in [0.29, 0.717) is 13.1 Å². The number of nitrogens with zero attached hydrogens (tertiary/aromatic N) is 2. The van der Waals surface area contributed by atoms with E-state index in [1.54, 1.807) is 0 Å². The highest BCUT2D eigenvalue weighted by Gasteiger charge is 2.37. The predicted molar refractivity (Wildman–Crippen MR) is 46.7 cm³/mol. The molecular formula is C8H8F3N3O. The molecule has 4 nitrogen and oxygen atoms in total. The van der Waals surface area contributed by atoms with Gasteiger partial charge >= 0.3 is 6.18 Å². The van der Waals surface area contributed by atoms with Crippen molar-refractivity contribution in [3.05, 3.63) is 21.6 Å². The van der Waals surface area contributed by atoms with Crippen molar-refractivity contribution >= 4 is 5.95 Å². The Morgan fingerprint density at radius 3 is 2.73 bits per heavy atom. The maximum atomic E-state index is 12.5. The number of aromatic nitrogens is 2. The van der Waals surface area contributed by atoms with Gasteiger partial charge in [-0.2, -0.15) is 13.2 Å². The molecule has 1 aliphatic rings. The number of nitrogens with one attached hydrogen (secondary N) is 1. The van der Waals surface area contributed by atoms with Gasteiger partial charge in [-0.1, -0.05) is 0 Å². The third-order valence-electron chi connectivity index (χ3n) is 2.28. The van der Waals surface area contributed by atoms with Gasteiger partial charge in [0.05, 0.1) is 0 Å². The highest BCUT2D eigenvalue weighted by molar-refractivity contribution is 5.35. The molecular weight excluding hydrogens is 211 g/mol. The Morgan fingerprint density at radius 2 is 2.13 bits per heavy atom. The van der Waals surface area contributed by atoms with Crippen molar-refractivity contribution in [1.82, 2.24) is 9.55 Å². The summed E-state index contributed by atoms with van der Waals surface area (Å²) in [7, 11) is 0. The molecule has 0 bridgehead atoms. The van der Waals surface area contributed by atoms with Gasteiger partial charge in [-0.05, 0) is 6.92 Å². The van der Waals surface area contributed by atoms with E-state index < -0.39 is 17.4 Å². The predicted octanol–water partition coefficient (Wildman–Crippen LogP) is 0.996. The molecule has 0 fully saturated rings. The minimum absolute atomic E-state index is 0.00192. The van der Waals surface area contributed by atoms with E-state index >= 15 is 0 Å². The fourth-order valence-corrected chi connectivity index (χ4v) is 1.55. The van der Waals surface area contributed by atoms with Gasteiger partial charge in [-0.3, -0.25) is 9.36 Å². The largest absolute Gasteiger partial charge is 0.433 e. The number of alkyl halides is 3. The molecule has 0 aromatic carbocycles. The summed E-state index contributed by atoms with van der Waals surface area (Å²) >= 11 is 0. The molecule has 15 heavy (non-hydrogen) atoms. The number of halogens is 3. The van der Waals surface area contributed by atoms with Gasteiger partial charge in [0.15, 0.2) is 5.69 Å². The first-order valence-electron chi connectivity index (χ1n) is 4.34. The van der Waals surface area contributed by atoms with Crippen LogP contribution in [0.25, 0.3) is 0 Å². The highest BCUT2D eigenvalue weighted by Crippen LogP contribution is 2.30. The Bertz CT molecular complexity index is 463. The van der Waals surface area contributed by atoms with Gasteiger partial charge in [0, 0.05) is 18.7 Å². The standard InChI is InChI=1S/C8H8F3N3O/c1-4-5(8(9,10)11)13-7-12-2-3-14(7)6(4)15/h2-3H2,1H3,(H,12,13). The number of hydrogen-bond donors (Lipinski definition) is 1. The van der Waals surface area contributed by atoms with Gasteiger partial charge < -0.3 is 5.32 Å². The smallest absolute Gasteiger partial charge is 0.354 e. The number of anilines is 1. The van der Waals surface area contributed by atoms with E-state index in [1.807, 2.05) is 0 Å². The average Bonchev–Trinajstić information content (AvgIpc) is 2.57. The average molecular weight is 219 g/mol. The summed E-state index contributed by atoms with van der Waals surface area (Å²) in [5.41, 5.74) is -2.08. The van der Waals surface area contributed by atoms with E-state index in [4.69, 9.17) is 0 Å². The molecule has 0 amide bonds. The molecule has 0 unspecified atom stereocenters. The molecule has 0 saturated carbocycles. The molecule has 0 spiro atoms. The van der Waals surface area contributed by atoms with Crippen LogP contribution in [0.3, 0.4) is 0 Å². The maximum Gasteiger partial charge on any atom is 0.433 e. The first kappa shape index (κ1) is 10.0. The summed E-state index contributed by atoms with van der Waals surface area (Å²) in [4.78, 5) is 14.9. The van der Waals surface area contributed by atoms with Crippen LogP contribution in [-0.4, -0.2) is 16.1 Å². The second-order valence-corrected chi connectivity index (χ2v) is 3.29. The van der Waals surface area contributed by atoms with E-state index in [2.05, 4.69) is 10.3 Å². The summed E-state index contributed by atoms with van der Waals surface area (Å²) in [5, 5.41) is 2.63. The summed E-state index contributed by atoms with van der Waals surface area (Å²) in [6.07, 6.45) is -4.58. The van der Waals surface area contributed by atoms with Crippen LogP contribution in [0.4, 0.5) is 19.1 Å². The molecule has 0 atom stereocenters. The second kappa shape index (κ2) is 2.98. The van der Waals surface area contributed by atoms with Crippen molar-refractivity contribution < 1.29 is 13.2 Å². The third kappa shape index (κ3) is 1.47. The van der Waals surface area contributed by atoms with Crippen molar-refractivity contribution in [3.8, 4) is 0 Å². The Morgan fingerprint density at radius 1 is 1.47 bits per heavy atom. The molecule has 2 heterocycles. The summed E-state index contributed by atoms with van der Waals surface area (Å²) < 4.78 is 38.6. The molecule has 1 aliphatic heterocycles. The molecule has 1 aromatic heterocycles. The van der Waals surface area contributed by atoms with Gasteiger partial charge in [-0.25, -0.2) is 4.98 Å². The molecule has 0 saturated heterocycles. The third-order valence-corrected chi connectivity index (χ3v) is 2.28. The Balaban J connectivity index is 2.70. The fourth-order valence-electron chi connectivity index (χ4n) is 1.55. The quantitative estimate of drug-likeness (QED) is 0.708. The Kier molecular flexibility index (Phi) is 1.99. The van der Waals surface area contributed by atoms with Crippen molar-refractivity contribution in [2.75, 3.05) is 11.9 Å². The SMILES string of the molecule is Cc1c(C(F)(F)F)nc2n(c1=O)CCN2. The monoisotopic (exact) mass is 219 g/mol. The molecule has 1 N–H and O–H groups in total. The molecule has 0 radical (unpaired) electrons. The zero-order chi connectivity index (χ0) is 11.2. The van der Waals surface area contributed by atoms with Gasteiger partial charge in [0.1, 0.15) is 0 Å². The summed E-state index contributed by atoms with van der Waals surface area (Å²) in [5.74, 6) is -0.00192. The number of hydrogen-bond acceptors (Lipinski definition) is 3. The molecule has 7 heteroatoms. The normalized spacial score (nSPS) is 14.9. The fraction of sp³-hybridized carbons (Fsp3) is 0.500. The Hall–Kier alpha value is -1.53. The highest BCUT2D eigenvalue weighted by atomic mass is 19.4.